The van der Waals surface area contributed by atoms with Gasteiger partial charge in [-0.3, -0.25) is 9.98 Å². The average molecular weight is 262 g/mol. The van der Waals surface area contributed by atoms with Gasteiger partial charge >= 0.3 is 0 Å². The van der Waals surface area contributed by atoms with E-state index >= 15 is 0 Å². The molecule has 0 radical (unpaired) electrons. The van der Waals surface area contributed by atoms with E-state index in [1.54, 1.807) is 0 Å². The molecule has 100 valence electrons. The predicted molar refractivity (Wildman–Crippen MR) is 84.6 cm³/mol. The Bertz CT molecular complexity index is 696. The van der Waals surface area contributed by atoms with Crippen LogP contribution in [0.1, 0.15) is 35.7 Å². The van der Waals surface area contributed by atoms with Crippen LogP contribution in [0.25, 0.3) is 6.08 Å². The third-order valence-electron chi connectivity index (χ3n) is 3.68. The molecule has 0 atom stereocenters. The van der Waals surface area contributed by atoms with Crippen LogP contribution in [0.5, 0.6) is 0 Å². The number of hydrogen-bond acceptors (Lipinski definition) is 2. The molecule has 20 heavy (non-hydrogen) atoms. The highest BCUT2D eigenvalue weighted by Crippen LogP contribution is 2.21. The molecule has 1 heterocycles. The van der Waals surface area contributed by atoms with Crippen molar-refractivity contribution in [2.45, 2.75) is 26.7 Å². The molecule has 2 nitrogen and oxygen atoms in total. The fourth-order valence-electron chi connectivity index (χ4n) is 2.44. The van der Waals surface area contributed by atoms with Crippen molar-refractivity contribution in [1.29, 1.82) is 0 Å². The Morgan fingerprint density at radius 2 is 2.10 bits per heavy atom. The van der Waals surface area contributed by atoms with Crippen molar-refractivity contribution in [2.75, 3.05) is 0 Å². The Kier molecular flexibility index (Phi) is 3.46. The van der Waals surface area contributed by atoms with Gasteiger partial charge in [-0.1, -0.05) is 24.3 Å². The predicted octanol–water partition coefficient (Wildman–Crippen LogP) is 4.49. The number of aryl methyl sites for hydroxylation is 2. The van der Waals surface area contributed by atoms with E-state index in [2.05, 4.69) is 43.1 Å². The van der Waals surface area contributed by atoms with Crippen molar-refractivity contribution >= 4 is 17.5 Å². The number of aliphatic imine (C=N–C) groups is 1. The topological polar surface area (TPSA) is 25.2 Å². The van der Waals surface area contributed by atoms with Crippen molar-refractivity contribution in [1.82, 2.24) is 4.98 Å². The number of para-hydroxylation sites is 1. The highest BCUT2D eigenvalue weighted by Gasteiger charge is 2.08. The maximum absolute atomic E-state index is 4.74. The molecule has 1 aliphatic carbocycles. The van der Waals surface area contributed by atoms with Crippen molar-refractivity contribution in [3.8, 4) is 0 Å². The molecule has 0 saturated heterocycles. The molecule has 0 amide bonds. The van der Waals surface area contributed by atoms with E-state index in [-0.39, 0.29) is 0 Å². The quantitative estimate of drug-likeness (QED) is 0.732. The fraction of sp³-hybridized carbons (Fsp3) is 0.222. The standard InChI is InChI=1S/C18H18N2/c1-13-7-3-5-9-17(13)20-14(2)16-11-15-8-4-6-10-18(15)19-12-16/h3,5-7,9-12H,4,8H2,1-2H3. The van der Waals surface area contributed by atoms with Gasteiger partial charge < -0.3 is 0 Å². The van der Waals surface area contributed by atoms with E-state index in [0.29, 0.717) is 0 Å². The monoisotopic (exact) mass is 262 g/mol. The zero-order valence-corrected chi connectivity index (χ0v) is 11.9. The number of fused-ring (bicyclic) bond motifs is 1. The summed E-state index contributed by atoms with van der Waals surface area (Å²) >= 11 is 0. The summed E-state index contributed by atoms with van der Waals surface area (Å²) in [6, 6.07) is 10.4. The SMILES string of the molecule is CC(=Nc1ccccc1C)c1cnc2c(c1)CCC=C2. The molecule has 0 saturated carbocycles. The van der Waals surface area contributed by atoms with Gasteiger partial charge in [-0.25, -0.2) is 0 Å². The summed E-state index contributed by atoms with van der Waals surface area (Å²) in [4.78, 5) is 9.27. The minimum atomic E-state index is 1.02. The van der Waals surface area contributed by atoms with E-state index in [1.165, 1.54) is 11.1 Å². The Morgan fingerprint density at radius 3 is 2.95 bits per heavy atom. The Morgan fingerprint density at radius 1 is 1.25 bits per heavy atom. The maximum Gasteiger partial charge on any atom is 0.0662 e. The molecule has 2 aromatic rings. The Balaban J connectivity index is 1.97. The van der Waals surface area contributed by atoms with Crippen molar-refractivity contribution in [2.24, 2.45) is 4.99 Å². The molecule has 1 aromatic heterocycles. The van der Waals surface area contributed by atoms with Gasteiger partial charge in [0.15, 0.2) is 0 Å². The molecule has 3 rings (SSSR count). The lowest BCUT2D eigenvalue weighted by Crippen LogP contribution is -2.02. The zero-order chi connectivity index (χ0) is 13.9. The number of benzene rings is 1. The molecule has 1 aromatic carbocycles. The van der Waals surface area contributed by atoms with Crippen molar-refractivity contribution in [3.05, 3.63) is 65.0 Å². The number of aromatic nitrogens is 1. The summed E-state index contributed by atoms with van der Waals surface area (Å²) in [5.74, 6) is 0. The van der Waals surface area contributed by atoms with Gasteiger partial charge in [0.1, 0.15) is 0 Å². The summed E-state index contributed by atoms with van der Waals surface area (Å²) in [5.41, 5.74) is 6.78. The molecule has 0 fully saturated rings. The first-order valence-corrected chi connectivity index (χ1v) is 7.01. The third kappa shape index (κ3) is 2.55. The molecule has 0 spiro atoms. The first-order chi connectivity index (χ1) is 9.74. The number of hydrogen-bond donors (Lipinski definition) is 0. The van der Waals surface area contributed by atoms with Crippen LogP contribution in [0, 0.1) is 6.92 Å². The van der Waals surface area contributed by atoms with Crippen LogP contribution in [-0.4, -0.2) is 10.7 Å². The second-order valence-corrected chi connectivity index (χ2v) is 5.19. The number of rotatable bonds is 2. The van der Waals surface area contributed by atoms with Crippen molar-refractivity contribution < 1.29 is 0 Å². The van der Waals surface area contributed by atoms with Gasteiger partial charge in [0, 0.05) is 17.5 Å². The molecular weight excluding hydrogens is 244 g/mol. The van der Waals surface area contributed by atoms with Gasteiger partial charge in [0.25, 0.3) is 0 Å². The number of allylic oxidation sites excluding steroid dienone is 1. The summed E-state index contributed by atoms with van der Waals surface area (Å²) < 4.78 is 0. The van der Waals surface area contributed by atoms with Crippen molar-refractivity contribution in [3.63, 3.8) is 0 Å². The lowest BCUT2D eigenvalue weighted by molar-refractivity contribution is 0.963. The molecule has 0 bridgehead atoms. The fourth-order valence-corrected chi connectivity index (χ4v) is 2.44. The summed E-state index contributed by atoms with van der Waals surface area (Å²) in [7, 11) is 0. The largest absolute Gasteiger partial charge is 0.256 e. The van der Waals surface area contributed by atoms with E-state index in [9.17, 15) is 0 Å². The van der Waals surface area contributed by atoms with E-state index in [4.69, 9.17) is 4.99 Å². The van der Waals surface area contributed by atoms with Crippen LogP contribution in [0.15, 0.2) is 47.6 Å². The second kappa shape index (κ2) is 5.41. The average Bonchev–Trinajstić information content (AvgIpc) is 2.49. The van der Waals surface area contributed by atoms with Crippen LogP contribution in [-0.2, 0) is 6.42 Å². The van der Waals surface area contributed by atoms with Crippen LogP contribution in [0.3, 0.4) is 0 Å². The molecule has 1 aliphatic rings. The lowest BCUT2D eigenvalue weighted by Gasteiger charge is -2.11. The van der Waals surface area contributed by atoms with E-state index in [1.807, 2.05) is 24.4 Å². The van der Waals surface area contributed by atoms with Crippen LogP contribution in [0.2, 0.25) is 0 Å². The Labute approximate surface area is 119 Å². The van der Waals surface area contributed by atoms with Gasteiger partial charge in [-0.15, -0.1) is 0 Å². The van der Waals surface area contributed by atoms with Gasteiger partial charge in [-0.05, 0) is 56.0 Å². The Hall–Kier alpha value is -2.22. The van der Waals surface area contributed by atoms with E-state index in [0.717, 1.165) is 35.5 Å². The van der Waals surface area contributed by atoms with Crippen LogP contribution < -0.4 is 0 Å². The number of nitrogens with zero attached hydrogens (tertiary/aromatic N) is 2. The van der Waals surface area contributed by atoms with Crippen LogP contribution in [0.4, 0.5) is 5.69 Å². The normalized spacial score (nSPS) is 14.2. The summed E-state index contributed by atoms with van der Waals surface area (Å²) in [5, 5.41) is 0. The molecular formula is C18H18N2. The summed E-state index contributed by atoms with van der Waals surface area (Å²) in [6.45, 7) is 4.14. The summed E-state index contributed by atoms with van der Waals surface area (Å²) in [6.07, 6.45) is 8.39. The molecule has 2 heteroatoms. The van der Waals surface area contributed by atoms with Gasteiger partial charge in [0.05, 0.1) is 11.4 Å². The molecule has 0 N–H and O–H groups in total. The first kappa shape index (κ1) is 12.8. The highest BCUT2D eigenvalue weighted by atomic mass is 14.8. The second-order valence-electron chi connectivity index (χ2n) is 5.19. The maximum atomic E-state index is 4.74. The molecule has 0 aliphatic heterocycles. The molecule has 0 unspecified atom stereocenters. The zero-order valence-electron chi connectivity index (χ0n) is 11.9. The lowest BCUT2D eigenvalue weighted by atomic mass is 9.99. The van der Waals surface area contributed by atoms with Gasteiger partial charge in [-0.2, -0.15) is 0 Å². The highest BCUT2D eigenvalue weighted by molar-refractivity contribution is 6.00. The van der Waals surface area contributed by atoms with Crippen LogP contribution >= 0.6 is 0 Å². The minimum Gasteiger partial charge on any atom is -0.256 e. The first-order valence-electron chi connectivity index (χ1n) is 7.01. The third-order valence-corrected chi connectivity index (χ3v) is 3.68. The smallest absolute Gasteiger partial charge is 0.0662 e. The minimum absolute atomic E-state index is 1.02. The van der Waals surface area contributed by atoms with E-state index < -0.39 is 0 Å². The van der Waals surface area contributed by atoms with Gasteiger partial charge in [0.2, 0.25) is 0 Å². The number of pyridine rings is 1.